The van der Waals surface area contributed by atoms with E-state index in [2.05, 4.69) is 45.3 Å². The molecular weight excluding hydrogens is 143 g/mol. The van der Waals surface area contributed by atoms with Gasteiger partial charge in [-0.1, -0.05) is 44.3 Å². The molecule has 1 rings (SSSR count). The van der Waals surface area contributed by atoms with Crippen LogP contribution in [0, 0.1) is 0 Å². The molecular formula is C11H16B. The minimum Gasteiger partial charge on any atom is -0.0920 e. The van der Waals surface area contributed by atoms with Crippen LogP contribution in [0.2, 0.25) is 13.1 Å². The Morgan fingerprint density at radius 1 is 1.08 bits per heavy atom. The van der Waals surface area contributed by atoms with E-state index in [9.17, 15) is 0 Å². The van der Waals surface area contributed by atoms with Crippen LogP contribution < -0.4 is 0 Å². The van der Waals surface area contributed by atoms with Crippen molar-refractivity contribution in [1.82, 2.24) is 0 Å². The largest absolute Gasteiger partial charge is 0.106 e. The Hall–Kier alpha value is -0.715. The third-order valence-corrected chi connectivity index (χ3v) is 2.15. The average Bonchev–Trinajstić information content (AvgIpc) is 2.15. The summed E-state index contributed by atoms with van der Waals surface area (Å²) < 4.78 is 0. The van der Waals surface area contributed by atoms with Gasteiger partial charge in [0.05, 0.1) is 0 Å². The third-order valence-electron chi connectivity index (χ3n) is 2.15. The molecule has 0 heterocycles. The maximum absolute atomic E-state index is 2.24. The highest BCUT2D eigenvalue weighted by Gasteiger charge is 1.92. The van der Waals surface area contributed by atoms with Crippen molar-refractivity contribution >= 4 is 7.28 Å². The molecule has 0 aromatic heterocycles. The van der Waals surface area contributed by atoms with Gasteiger partial charge in [-0.05, 0) is 24.0 Å². The fourth-order valence-electron chi connectivity index (χ4n) is 1.25. The summed E-state index contributed by atoms with van der Waals surface area (Å²) in [5, 5.41) is 0. The summed E-state index contributed by atoms with van der Waals surface area (Å²) in [4.78, 5) is 0. The van der Waals surface area contributed by atoms with Gasteiger partial charge in [0, 0.05) is 0 Å². The zero-order valence-electron chi connectivity index (χ0n) is 8.01. The van der Waals surface area contributed by atoms with Gasteiger partial charge in [-0.25, -0.2) is 0 Å². The summed E-state index contributed by atoms with van der Waals surface area (Å²) in [5.74, 6) is 0. The molecule has 1 aromatic rings. The van der Waals surface area contributed by atoms with Crippen molar-refractivity contribution in [3.05, 3.63) is 35.4 Å². The van der Waals surface area contributed by atoms with Crippen LogP contribution in [0.1, 0.15) is 18.1 Å². The molecule has 63 valence electrons. The van der Waals surface area contributed by atoms with Gasteiger partial charge in [0.25, 0.3) is 0 Å². The van der Waals surface area contributed by atoms with Crippen molar-refractivity contribution in [3.63, 3.8) is 0 Å². The summed E-state index contributed by atoms with van der Waals surface area (Å²) in [6, 6.07) is 8.93. The highest BCUT2D eigenvalue weighted by atomic mass is 14.0. The topological polar surface area (TPSA) is 0 Å². The molecule has 1 radical (unpaired) electrons. The Bertz CT molecular complexity index is 213. The lowest BCUT2D eigenvalue weighted by atomic mass is 9.76. The molecule has 0 amide bonds. The second-order valence-corrected chi connectivity index (χ2v) is 3.12. The maximum atomic E-state index is 2.24. The fourth-order valence-corrected chi connectivity index (χ4v) is 1.25. The molecule has 0 atom stereocenters. The molecule has 0 fully saturated rings. The second kappa shape index (κ2) is 5.02. The molecule has 0 aliphatic heterocycles. The first-order valence-corrected chi connectivity index (χ1v) is 4.72. The number of hydrogen-bond acceptors (Lipinski definition) is 0. The van der Waals surface area contributed by atoms with Gasteiger partial charge in [0.1, 0.15) is 7.28 Å². The van der Waals surface area contributed by atoms with E-state index < -0.39 is 0 Å². The van der Waals surface area contributed by atoms with Crippen molar-refractivity contribution in [1.29, 1.82) is 0 Å². The molecule has 0 N–H and O–H groups in total. The van der Waals surface area contributed by atoms with Crippen LogP contribution in [-0.2, 0) is 12.8 Å². The van der Waals surface area contributed by atoms with E-state index in [0.717, 1.165) is 6.42 Å². The lowest BCUT2D eigenvalue weighted by Gasteiger charge is -2.00. The second-order valence-electron chi connectivity index (χ2n) is 3.12. The summed E-state index contributed by atoms with van der Waals surface area (Å²) >= 11 is 0. The van der Waals surface area contributed by atoms with E-state index in [1.54, 1.807) is 0 Å². The molecule has 0 aliphatic carbocycles. The first kappa shape index (κ1) is 9.37. The first-order chi connectivity index (χ1) is 5.86. The summed E-state index contributed by atoms with van der Waals surface area (Å²) in [7, 11) is 2.22. The quantitative estimate of drug-likeness (QED) is 0.592. The van der Waals surface area contributed by atoms with Crippen LogP contribution in [0.4, 0.5) is 0 Å². The molecule has 0 nitrogen and oxygen atoms in total. The van der Waals surface area contributed by atoms with Gasteiger partial charge in [0.15, 0.2) is 0 Å². The Balaban J connectivity index is 2.53. The third kappa shape index (κ3) is 2.73. The molecule has 0 spiro atoms. The smallest absolute Gasteiger partial charge is 0.0920 e. The number of hydrogen-bond donors (Lipinski definition) is 0. The summed E-state index contributed by atoms with van der Waals surface area (Å²) in [5.41, 5.74) is 2.88. The van der Waals surface area contributed by atoms with Crippen molar-refractivity contribution in [2.24, 2.45) is 0 Å². The Morgan fingerprint density at radius 3 is 2.17 bits per heavy atom. The average molecular weight is 159 g/mol. The van der Waals surface area contributed by atoms with E-state index in [1.807, 2.05) is 0 Å². The lowest BCUT2D eigenvalue weighted by molar-refractivity contribution is 1.09. The molecule has 0 bridgehead atoms. The number of aryl methyl sites for hydroxylation is 2. The van der Waals surface area contributed by atoms with Crippen LogP contribution in [0.15, 0.2) is 24.3 Å². The van der Waals surface area contributed by atoms with Crippen molar-refractivity contribution in [2.45, 2.75) is 32.9 Å². The van der Waals surface area contributed by atoms with Crippen LogP contribution in [0.3, 0.4) is 0 Å². The molecule has 0 saturated heterocycles. The van der Waals surface area contributed by atoms with E-state index >= 15 is 0 Å². The van der Waals surface area contributed by atoms with Gasteiger partial charge >= 0.3 is 0 Å². The molecule has 0 saturated carbocycles. The van der Waals surface area contributed by atoms with Crippen LogP contribution in [-0.4, -0.2) is 7.28 Å². The Kier molecular flexibility index (Phi) is 3.92. The Labute approximate surface area is 76.2 Å². The van der Waals surface area contributed by atoms with Crippen LogP contribution in [0.25, 0.3) is 0 Å². The molecule has 1 heteroatoms. The first-order valence-electron chi connectivity index (χ1n) is 4.72. The zero-order chi connectivity index (χ0) is 8.81. The highest BCUT2D eigenvalue weighted by molar-refractivity contribution is 6.33. The lowest BCUT2D eigenvalue weighted by Crippen LogP contribution is -1.88. The SMILES string of the molecule is C[B]CCc1ccc(CC)cc1. The predicted molar refractivity (Wildman–Crippen MR) is 55.9 cm³/mol. The molecule has 0 aliphatic rings. The minimum absolute atomic E-state index is 1.14. The summed E-state index contributed by atoms with van der Waals surface area (Å²) in [6.07, 6.45) is 3.51. The number of rotatable bonds is 4. The van der Waals surface area contributed by atoms with E-state index in [1.165, 1.54) is 23.9 Å². The van der Waals surface area contributed by atoms with Crippen LogP contribution in [0.5, 0.6) is 0 Å². The van der Waals surface area contributed by atoms with E-state index in [-0.39, 0.29) is 0 Å². The fraction of sp³-hybridized carbons (Fsp3) is 0.455. The van der Waals surface area contributed by atoms with Gasteiger partial charge < -0.3 is 0 Å². The maximum Gasteiger partial charge on any atom is 0.106 e. The van der Waals surface area contributed by atoms with Crippen LogP contribution >= 0.6 is 0 Å². The molecule has 1 aromatic carbocycles. The zero-order valence-corrected chi connectivity index (χ0v) is 8.01. The highest BCUT2D eigenvalue weighted by Crippen LogP contribution is 2.06. The van der Waals surface area contributed by atoms with Crippen molar-refractivity contribution < 1.29 is 0 Å². The van der Waals surface area contributed by atoms with Gasteiger partial charge in [-0.3, -0.25) is 0 Å². The molecule has 0 unspecified atom stereocenters. The van der Waals surface area contributed by atoms with Gasteiger partial charge in [-0.2, -0.15) is 0 Å². The molecule has 12 heavy (non-hydrogen) atoms. The van der Waals surface area contributed by atoms with E-state index in [4.69, 9.17) is 0 Å². The van der Waals surface area contributed by atoms with E-state index in [0.29, 0.717) is 0 Å². The summed E-state index contributed by atoms with van der Waals surface area (Å²) in [6.45, 7) is 4.30. The Morgan fingerprint density at radius 2 is 1.67 bits per heavy atom. The van der Waals surface area contributed by atoms with Crippen molar-refractivity contribution in [3.8, 4) is 0 Å². The number of benzene rings is 1. The van der Waals surface area contributed by atoms with Gasteiger partial charge in [-0.15, -0.1) is 0 Å². The minimum atomic E-state index is 1.14. The normalized spacial score (nSPS) is 9.83. The predicted octanol–water partition coefficient (Wildman–Crippen LogP) is 2.96. The van der Waals surface area contributed by atoms with Gasteiger partial charge in [0.2, 0.25) is 0 Å². The standard InChI is InChI=1S/C11H16B/c1-3-10-4-6-11(7-5-10)8-9-12-2/h4-7H,3,8-9H2,1-2H3. The van der Waals surface area contributed by atoms with Crippen molar-refractivity contribution in [2.75, 3.05) is 0 Å². The monoisotopic (exact) mass is 159 g/mol.